The van der Waals surface area contributed by atoms with Crippen molar-refractivity contribution in [1.82, 2.24) is 4.90 Å². The van der Waals surface area contributed by atoms with Gasteiger partial charge in [-0.2, -0.15) is 0 Å². The minimum absolute atomic E-state index is 0. The lowest BCUT2D eigenvalue weighted by Crippen LogP contribution is -3.00. The molecule has 2 rings (SSSR count). The summed E-state index contributed by atoms with van der Waals surface area (Å²) in [5.41, 5.74) is 0.588. The van der Waals surface area contributed by atoms with E-state index in [2.05, 4.69) is 19.0 Å². The first-order valence-electron chi connectivity index (χ1n) is 7.60. The fourth-order valence-corrected chi connectivity index (χ4v) is 2.94. The molecule has 0 heterocycles. The molecule has 0 radical (unpaired) electrons. The van der Waals surface area contributed by atoms with Crippen molar-refractivity contribution < 1.29 is 26.7 Å². The van der Waals surface area contributed by atoms with E-state index in [1.54, 1.807) is 31.4 Å². The van der Waals surface area contributed by atoms with Gasteiger partial charge in [0.15, 0.2) is 0 Å². The SMILES string of the molecule is COc1ccc(C(=O)OC2CCCCC2CN(C)C)cc1.[Cl-]. The lowest BCUT2D eigenvalue weighted by molar-refractivity contribution is -0.00344. The molecular formula is C17H25ClNO3-. The Morgan fingerprint density at radius 1 is 1.18 bits per heavy atom. The monoisotopic (exact) mass is 326 g/mol. The maximum Gasteiger partial charge on any atom is 0.338 e. The molecule has 4 nitrogen and oxygen atoms in total. The number of rotatable bonds is 5. The molecule has 0 aromatic heterocycles. The number of halogens is 1. The first-order chi connectivity index (χ1) is 10.1. The smallest absolute Gasteiger partial charge is 0.338 e. The fraction of sp³-hybridized carbons (Fsp3) is 0.588. The normalized spacial score (nSPS) is 21.1. The standard InChI is InChI=1S/C17H25NO3.ClH/c1-18(2)12-14-6-4-5-7-16(14)21-17(19)13-8-10-15(20-3)11-9-13;/h8-11,14,16H,4-7,12H2,1-3H3;1H/p-1. The lowest BCUT2D eigenvalue weighted by atomic mass is 9.86. The molecule has 1 saturated carbocycles. The molecule has 0 aliphatic heterocycles. The number of ether oxygens (including phenoxy) is 2. The van der Waals surface area contributed by atoms with Crippen molar-refractivity contribution >= 4 is 5.97 Å². The van der Waals surface area contributed by atoms with E-state index in [-0.39, 0.29) is 24.5 Å². The van der Waals surface area contributed by atoms with Gasteiger partial charge in [0, 0.05) is 12.5 Å². The van der Waals surface area contributed by atoms with Gasteiger partial charge in [0.1, 0.15) is 11.9 Å². The fourth-order valence-electron chi connectivity index (χ4n) is 2.94. The van der Waals surface area contributed by atoms with Crippen LogP contribution in [0.3, 0.4) is 0 Å². The summed E-state index contributed by atoms with van der Waals surface area (Å²) in [6, 6.07) is 7.08. The zero-order valence-corrected chi connectivity index (χ0v) is 14.3. The molecule has 1 aromatic carbocycles. The lowest BCUT2D eigenvalue weighted by Gasteiger charge is -2.32. The average Bonchev–Trinajstić information content (AvgIpc) is 2.49. The van der Waals surface area contributed by atoms with Gasteiger partial charge >= 0.3 is 5.97 Å². The summed E-state index contributed by atoms with van der Waals surface area (Å²) >= 11 is 0. The summed E-state index contributed by atoms with van der Waals surface area (Å²) in [5.74, 6) is 0.957. The van der Waals surface area contributed by atoms with E-state index in [1.165, 1.54) is 6.42 Å². The molecule has 0 amide bonds. The predicted octanol–water partition coefficient (Wildman–Crippen LogP) is -0.0236. The van der Waals surface area contributed by atoms with Crippen LogP contribution < -0.4 is 17.1 Å². The van der Waals surface area contributed by atoms with Gasteiger partial charge in [-0.1, -0.05) is 6.42 Å². The molecule has 5 heteroatoms. The number of carbonyl (C=O) groups excluding carboxylic acids is 1. The highest BCUT2D eigenvalue weighted by molar-refractivity contribution is 5.89. The van der Waals surface area contributed by atoms with Crippen molar-refractivity contribution in [1.29, 1.82) is 0 Å². The molecule has 0 saturated heterocycles. The van der Waals surface area contributed by atoms with Gasteiger partial charge in [-0.25, -0.2) is 4.79 Å². The zero-order chi connectivity index (χ0) is 15.2. The van der Waals surface area contributed by atoms with Crippen LogP contribution in [-0.4, -0.2) is 44.7 Å². The third-order valence-corrected chi connectivity index (χ3v) is 4.02. The molecular weight excluding hydrogens is 302 g/mol. The molecule has 1 aromatic rings. The molecule has 124 valence electrons. The van der Waals surface area contributed by atoms with Gasteiger partial charge in [0.05, 0.1) is 12.7 Å². The Bertz CT molecular complexity index is 461. The highest BCUT2D eigenvalue weighted by Gasteiger charge is 2.29. The van der Waals surface area contributed by atoms with E-state index in [4.69, 9.17) is 9.47 Å². The Balaban J connectivity index is 0.00000242. The van der Waals surface area contributed by atoms with Crippen molar-refractivity contribution in [2.45, 2.75) is 31.8 Å². The maximum atomic E-state index is 12.3. The molecule has 0 spiro atoms. The molecule has 2 atom stereocenters. The number of carbonyl (C=O) groups is 1. The molecule has 0 bridgehead atoms. The summed E-state index contributed by atoms with van der Waals surface area (Å²) in [6.45, 7) is 0.973. The van der Waals surface area contributed by atoms with Crippen molar-refractivity contribution in [3.63, 3.8) is 0 Å². The first-order valence-corrected chi connectivity index (χ1v) is 7.60. The minimum Gasteiger partial charge on any atom is -1.00 e. The van der Waals surface area contributed by atoms with E-state index in [0.29, 0.717) is 11.5 Å². The summed E-state index contributed by atoms with van der Waals surface area (Å²) in [6.07, 6.45) is 4.52. The van der Waals surface area contributed by atoms with Gasteiger partial charge in [-0.05, 0) is 57.6 Å². The molecule has 1 aliphatic carbocycles. The van der Waals surface area contributed by atoms with Gasteiger partial charge in [-0.3, -0.25) is 0 Å². The highest BCUT2D eigenvalue weighted by Crippen LogP contribution is 2.28. The largest absolute Gasteiger partial charge is 1.00 e. The van der Waals surface area contributed by atoms with E-state index in [9.17, 15) is 4.79 Å². The van der Waals surface area contributed by atoms with Gasteiger partial charge < -0.3 is 26.8 Å². The molecule has 1 aliphatic rings. The number of hydrogen-bond acceptors (Lipinski definition) is 4. The van der Waals surface area contributed by atoms with Gasteiger partial charge in [0.25, 0.3) is 0 Å². The van der Waals surface area contributed by atoms with Crippen LogP contribution in [0.5, 0.6) is 5.75 Å². The van der Waals surface area contributed by atoms with Crippen LogP contribution in [0.1, 0.15) is 36.0 Å². The van der Waals surface area contributed by atoms with E-state index in [1.807, 2.05) is 0 Å². The second kappa shape index (κ2) is 9.01. The van der Waals surface area contributed by atoms with Crippen LogP contribution >= 0.6 is 0 Å². The van der Waals surface area contributed by atoms with E-state index >= 15 is 0 Å². The number of esters is 1. The van der Waals surface area contributed by atoms with Gasteiger partial charge in [-0.15, -0.1) is 0 Å². The quantitative estimate of drug-likeness (QED) is 0.713. The van der Waals surface area contributed by atoms with Crippen LogP contribution in [0.4, 0.5) is 0 Å². The number of nitrogens with zero attached hydrogens (tertiary/aromatic N) is 1. The predicted molar refractivity (Wildman–Crippen MR) is 82.7 cm³/mol. The van der Waals surface area contributed by atoms with Crippen molar-refractivity contribution in [2.75, 3.05) is 27.7 Å². The number of methoxy groups -OCH3 is 1. The summed E-state index contributed by atoms with van der Waals surface area (Å²) in [7, 11) is 5.75. The minimum atomic E-state index is -0.228. The Kier molecular flexibility index (Phi) is 7.69. The summed E-state index contributed by atoms with van der Waals surface area (Å²) < 4.78 is 10.9. The van der Waals surface area contributed by atoms with Crippen molar-refractivity contribution in [2.24, 2.45) is 5.92 Å². The van der Waals surface area contributed by atoms with Crippen LogP contribution in [0.15, 0.2) is 24.3 Å². The van der Waals surface area contributed by atoms with Crippen LogP contribution in [0.2, 0.25) is 0 Å². The third-order valence-electron chi connectivity index (χ3n) is 4.02. The number of benzene rings is 1. The molecule has 22 heavy (non-hydrogen) atoms. The molecule has 0 N–H and O–H groups in total. The highest BCUT2D eigenvalue weighted by atomic mass is 35.5. The van der Waals surface area contributed by atoms with Crippen LogP contribution in [0, 0.1) is 5.92 Å². The third kappa shape index (κ3) is 5.18. The zero-order valence-electron chi connectivity index (χ0n) is 13.5. The Morgan fingerprint density at radius 2 is 1.82 bits per heavy atom. The molecule has 1 fully saturated rings. The van der Waals surface area contributed by atoms with Crippen LogP contribution in [-0.2, 0) is 4.74 Å². The Labute approximate surface area is 139 Å². The second-order valence-corrected chi connectivity index (χ2v) is 5.98. The second-order valence-electron chi connectivity index (χ2n) is 5.98. The summed E-state index contributed by atoms with van der Waals surface area (Å²) in [5, 5.41) is 0. The van der Waals surface area contributed by atoms with E-state index in [0.717, 1.165) is 31.6 Å². The van der Waals surface area contributed by atoms with Crippen molar-refractivity contribution in [3.05, 3.63) is 29.8 Å². The Morgan fingerprint density at radius 3 is 2.41 bits per heavy atom. The average molecular weight is 327 g/mol. The first kappa shape index (κ1) is 18.8. The maximum absolute atomic E-state index is 12.3. The topological polar surface area (TPSA) is 38.8 Å². The Hall–Kier alpha value is -1.26. The van der Waals surface area contributed by atoms with Crippen molar-refractivity contribution in [3.8, 4) is 5.75 Å². The number of hydrogen-bond donors (Lipinski definition) is 0. The molecule has 2 unspecified atom stereocenters. The summed E-state index contributed by atoms with van der Waals surface area (Å²) in [4.78, 5) is 14.4. The van der Waals surface area contributed by atoms with E-state index < -0.39 is 0 Å². The van der Waals surface area contributed by atoms with Crippen LogP contribution in [0.25, 0.3) is 0 Å². The van der Waals surface area contributed by atoms with Gasteiger partial charge in [0.2, 0.25) is 0 Å².